The third-order valence-electron chi connectivity index (χ3n) is 2.70. The van der Waals surface area contributed by atoms with Gasteiger partial charge in [-0.2, -0.15) is 0 Å². The Morgan fingerprint density at radius 1 is 1.38 bits per heavy atom. The number of aromatic nitrogens is 1. The fourth-order valence-electron chi connectivity index (χ4n) is 1.77. The fourth-order valence-corrected chi connectivity index (χ4v) is 1.77. The van der Waals surface area contributed by atoms with E-state index in [0.29, 0.717) is 0 Å². The van der Waals surface area contributed by atoms with Crippen LogP contribution in [0.3, 0.4) is 0 Å². The molecule has 0 atom stereocenters. The lowest BCUT2D eigenvalue weighted by Crippen LogP contribution is -1.83. The zero-order valence-corrected chi connectivity index (χ0v) is 10.0. The van der Waals surface area contributed by atoms with Crippen LogP contribution in [0.5, 0.6) is 5.75 Å². The highest BCUT2D eigenvalue weighted by atomic mass is 16.5. The van der Waals surface area contributed by atoms with Gasteiger partial charge in [0.05, 0.1) is 7.11 Å². The summed E-state index contributed by atoms with van der Waals surface area (Å²) in [7, 11) is 1.70. The van der Waals surface area contributed by atoms with Crippen molar-refractivity contribution in [3.8, 4) is 5.75 Å². The van der Waals surface area contributed by atoms with Gasteiger partial charge in [0.15, 0.2) is 0 Å². The molecule has 0 radical (unpaired) electrons. The van der Waals surface area contributed by atoms with Crippen LogP contribution in [0, 0.1) is 0 Å². The Morgan fingerprint density at radius 3 is 2.88 bits per heavy atom. The molecule has 0 spiro atoms. The van der Waals surface area contributed by atoms with Gasteiger partial charge in [-0.1, -0.05) is 11.6 Å². The van der Waals surface area contributed by atoms with Gasteiger partial charge >= 0.3 is 0 Å². The molecule has 1 N–H and O–H groups in total. The molecule has 0 saturated heterocycles. The summed E-state index contributed by atoms with van der Waals surface area (Å²) in [5.74, 6) is 0.908. The summed E-state index contributed by atoms with van der Waals surface area (Å²) < 4.78 is 5.24. The number of aromatic amines is 1. The van der Waals surface area contributed by atoms with E-state index in [1.165, 1.54) is 16.5 Å². The number of hydrogen-bond acceptors (Lipinski definition) is 1. The van der Waals surface area contributed by atoms with Crippen molar-refractivity contribution >= 4 is 10.9 Å². The third kappa shape index (κ3) is 2.11. The smallest absolute Gasteiger partial charge is 0.119 e. The van der Waals surface area contributed by atoms with Crippen LogP contribution in [0.2, 0.25) is 0 Å². The van der Waals surface area contributed by atoms with Gasteiger partial charge in [-0.25, -0.2) is 0 Å². The molecule has 0 fully saturated rings. The molecular weight excluding hydrogens is 198 g/mol. The van der Waals surface area contributed by atoms with Crippen molar-refractivity contribution in [1.29, 1.82) is 0 Å². The number of allylic oxidation sites excluding steroid dienone is 2. The highest BCUT2D eigenvalue weighted by Crippen LogP contribution is 2.24. The van der Waals surface area contributed by atoms with E-state index < -0.39 is 0 Å². The van der Waals surface area contributed by atoms with E-state index in [2.05, 4.69) is 43.2 Å². The van der Waals surface area contributed by atoms with Crippen LogP contribution in [-0.4, -0.2) is 12.1 Å². The minimum atomic E-state index is 0.908. The standard InChI is InChI=1S/C14H17NO/c1-10(2)4-5-11-9-15-14-7-6-12(16-3)8-13(11)14/h4,6-9,15H,5H2,1-3H3. The number of hydrogen-bond donors (Lipinski definition) is 1. The van der Waals surface area contributed by atoms with Crippen molar-refractivity contribution in [3.05, 3.63) is 41.6 Å². The van der Waals surface area contributed by atoms with Gasteiger partial charge in [0.25, 0.3) is 0 Å². The largest absolute Gasteiger partial charge is 0.497 e. The first-order chi connectivity index (χ1) is 7.70. The number of rotatable bonds is 3. The maximum atomic E-state index is 5.24. The van der Waals surface area contributed by atoms with E-state index in [9.17, 15) is 0 Å². The van der Waals surface area contributed by atoms with Crippen molar-refractivity contribution in [1.82, 2.24) is 4.98 Å². The molecule has 16 heavy (non-hydrogen) atoms. The second-order valence-corrected chi connectivity index (χ2v) is 4.21. The van der Waals surface area contributed by atoms with Gasteiger partial charge in [-0.05, 0) is 44.0 Å². The lowest BCUT2D eigenvalue weighted by atomic mass is 10.1. The zero-order valence-electron chi connectivity index (χ0n) is 10.0. The normalized spacial score (nSPS) is 10.4. The maximum Gasteiger partial charge on any atom is 0.119 e. The summed E-state index contributed by atoms with van der Waals surface area (Å²) in [5, 5.41) is 1.25. The molecule has 84 valence electrons. The molecule has 2 rings (SSSR count). The molecule has 0 saturated carbocycles. The van der Waals surface area contributed by atoms with Gasteiger partial charge in [0.1, 0.15) is 5.75 Å². The number of methoxy groups -OCH3 is 1. The summed E-state index contributed by atoms with van der Waals surface area (Å²) in [6, 6.07) is 6.11. The number of H-pyrrole nitrogens is 1. The van der Waals surface area contributed by atoms with E-state index in [4.69, 9.17) is 4.74 Å². The highest BCUT2D eigenvalue weighted by Gasteiger charge is 2.03. The fraction of sp³-hybridized carbons (Fsp3) is 0.286. The second kappa shape index (κ2) is 4.44. The number of benzene rings is 1. The second-order valence-electron chi connectivity index (χ2n) is 4.21. The van der Waals surface area contributed by atoms with Crippen molar-refractivity contribution in [2.75, 3.05) is 7.11 Å². The first-order valence-corrected chi connectivity index (χ1v) is 5.48. The summed E-state index contributed by atoms with van der Waals surface area (Å²) in [6.07, 6.45) is 5.28. The molecule has 0 aliphatic heterocycles. The molecule has 0 amide bonds. The lowest BCUT2D eigenvalue weighted by molar-refractivity contribution is 0.415. The lowest BCUT2D eigenvalue weighted by Gasteiger charge is -2.00. The van der Waals surface area contributed by atoms with Crippen LogP contribution >= 0.6 is 0 Å². The van der Waals surface area contributed by atoms with Gasteiger partial charge in [0.2, 0.25) is 0 Å². The first kappa shape index (κ1) is 10.8. The SMILES string of the molecule is COc1ccc2[nH]cc(CC=C(C)C)c2c1. The topological polar surface area (TPSA) is 25.0 Å². The summed E-state index contributed by atoms with van der Waals surface area (Å²) in [6.45, 7) is 4.24. The zero-order chi connectivity index (χ0) is 11.5. The van der Waals surface area contributed by atoms with Crippen molar-refractivity contribution < 1.29 is 4.74 Å². The molecule has 0 unspecified atom stereocenters. The Hall–Kier alpha value is -1.70. The maximum absolute atomic E-state index is 5.24. The molecular formula is C14H17NO. The van der Waals surface area contributed by atoms with Crippen LogP contribution < -0.4 is 4.74 Å². The third-order valence-corrected chi connectivity index (χ3v) is 2.70. The average molecular weight is 215 g/mol. The van der Waals surface area contributed by atoms with E-state index in [0.717, 1.165) is 17.7 Å². The number of fused-ring (bicyclic) bond motifs is 1. The molecule has 1 heterocycles. The quantitative estimate of drug-likeness (QED) is 0.776. The van der Waals surface area contributed by atoms with E-state index in [-0.39, 0.29) is 0 Å². The Balaban J connectivity index is 2.41. The predicted octanol–water partition coefficient (Wildman–Crippen LogP) is 3.69. The molecule has 0 aliphatic carbocycles. The molecule has 2 aromatic rings. The van der Waals surface area contributed by atoms with Crippen LogP contribution in [0.4, 0.5) is 0 Å². The van der Waals surface area contributed by atoms with Gasteiger partial charge in [-0.3, -0.25) is 0 Å². The van der Waals surface area contributed by atoms with Gasteiger partial charge < -0.3 is 9.72 Å². The van der Waals surface area contributed by atoms with Crippen LogP contribution in [-0.2, 0) is 6.42 Å². The summed E-state index contributed by atoms with van der Waals surface area (Å²) in [5.41, 5.74) is 3.82. The molecule has 0 aliphatic rings. The Labute approximate surface area is 95.9 Å². The first-order valence-electron chi connectivity index (χ1n) is 5.48. The van der Waals surface area contributed by atoms with Crippen molar-refractivity contribution in [2.45, 2.75) is 20.3 Å². The van der Waals surface area contributed by atoms with E-state index >= 15 is 0 Å². The Morgan fingerprint density at radius 2 is 2.19 bits per heavy atom. The predicted molar refractivity (Wildman–Crippen MR) is 68.0 cm³/mol. The molecule has 0 bridgehead atoms. The van der Waals surface area contributed by atoms with Crippen LogP contribution in [0.1, 0.15) is 19.4 Å². The molecule has 1 aromatic carbocycles. The van der Waals surface area contributed by atoms with Gasteiger partial charge in [-0.15, -0.1) is 0 Å². The molecule has 1 aromatic heterocycles. The average Bonchev–Trinajstić information content (AvgIpc) is 2.68. The van der Waals surface area contributed by atoms with E-state index in [1.54, 1.807) is 7.11 Å². The minimum absolute atomic E-state index is 0.908. The number of ether oxygens (including phenoxy) is 1. The van der Waals surface area contributed by atoms with E-state index in [1.807, 2.05) is 6.07 Å². The van der Waals surface area contributed by atoms with Crippen molar-refractivity contribution in [2.24, 2.45) is 0 Å². The molecule has 2 nitrogen and oxygen atoms in total. The Kier molecular flexibility index (Phi) is 3.00. The molecule has 2 heteroatoms. The summed E-state index contributed by atoms with van der Waals surface area (Å²) in [4.78, 5) is 3.28. The van der Waals surface area contributed by atoms with Crippen LogP contribution in [0.25, 0.3) is 10.9 Å². The van der Waals surface area contributed by atoms with Crippen molar-refractivity contribution in [3.63, 3.8) is 0 Å². The summed E-state index contributed by atoms with van der Waals surface area (Å²) >= 11 is 0. The van der Waals surface area contributed by atoms with Gasteiger partial charge in [0, 0.05) is 17.1 Å². The van der Waals surface area contributed by atoms with Crippen LogP contribution in [0.15, 0.2) is 36.0 Å². The Bertz CT molecular complexity index is 519. The minimum Gasteiger partial charge on any atom is -0.497 e. The monoisotopic (exact) mass is 215 g/mol. The number of nitrogens with one attached hydrogen (secondary N) is 1. The highest BCUT2D eigenvalue weighted by molar-refractivity contribution is 5.84.